The maximum absolute atomic E-state index is 12.4. The van der Waals surface area contributed by atoms with Crippen molar-refractivity contribution in [2.75, 3.05) is 13.2 Å². The van der Waals surface area contributed by atoms with Gasteiger partial charge < -0.3 is 14.6 Å². The van der Waals surface area contributed by atoms with Crippen molar-refractivity contribution >= 4 is 12.4 Å². The molecule has 1 aromatic rings. The van der Waals surface area contributed by atoms with E-state index in [0.717, 1.165) is 26.0 Å². The third-order valence-corrected chi connectivity index (χ3v) is 4.79. The Balaban J connectivity index is 0.00000176. The highest BCUT2D eigenvalue weighted by Crippen LogP contribution is 2.47. The van der Waals surface area contributed by atoms with Gasteiger partial charge in [0.15, 0.2) is 0 Å². The number of ether oxygens (including phenoxy) is 1. The summed E-state index contributed by atoms with van der Waals surface area (Å²) in [6.45, 7) is 2.19. The molecule has 0 bridgehead atoms. The molecule has 1 aliphatic heterocycles. The molecule has 1 N–H and O–H groups in total. The predicted octanol–water partition coefficient (Wildman–Crippen LogP) is 3.86. The average molecular weight is 337 g/mol. The molecule has 1 atom stereocenters. The number of nitrogens with zero attached hydrogens (tertiary/aromatic N) is 1. The topological polar surface area (TPSA) is 47.3 Å². The third-order valence-electron chi connectivity index (χ3n) is 4.79. The standard InChI is InChI=1S/C15H22F2N2O2.ClH/c16-14(17)12-8-11(19-21-12)9-18-10-15(5-3-6-15)13-4-1-2-7-20-13;/h8,13-14,18H,1-7,9-10H2;1H. The summed E-state index contributed by atoms with van der Waals surface area (Å²) in [6, 6.07) is 1.32. The van der Waals surface area contributed by atoms with Crippen molar-refractivity contribution in [1.82, 2.24) is 10.5 Å². The van der Waals surface area contributed by atoms with E-state index in [1.807, 2.05) is 0 Å². The Kier molecular flexibility index (Phi) is 6.17. The van der Waals surface area contributed by atoms with Gasteiger partial charge in [-0.25, -0.2) is 8.78 Å². The highest BCUT2D eigenvalue weighted by atomic mass is 35.5. The van der Waals surface area contributed by atoms with E-state index in [1.54, 1.807) is 0 Å². The molecule has 126 valence electrons. The first kappa shape index (κ1) is 17.6. The van der Waals surface area contributed by atoms with Gasteiger partial charge in [-0.15, -0.1) is 12.4 Å². The molecule has 1 aromatic heterocycles. The van der Waals surface area contributed by atoms with Crippen molar-refractivity contribution in [3.63, 3.8) is 0 Å². The van der Waals surface area contributed by atoms with Gasteiger partial charge >= 0.3 is 0 Å². The second-order valence-electron chi connectivity index (χ2n) is 6.20. The SMILES string of the molecule is Cl.FC(F)c1cc(CNCC2(C3CCCCO3)CCC2)no1. The number of hydrogen-bond acceptors (Lipinski definition) is 4. The summed E-state index contributed by atoms with van der Waals surface area (Å²) < 4.78 is 35.4. The van der Waals surface area contributed by atoms with Crippen molar-refractivity contribution in [2.24, 2.45) is 5.41 Å². The molecular formula is C15H23ClF2N2O2. The van der Waals surface area contributed by atoms with Crippen molar-refractivity contribution in [3.05, 3.63) is 17.5 Å². The molecule has 4 nitrogen and oxygen atoms in total. The van der Waals surface area contributed by atoms with E-state index in [4.69, 9.17) is 4.74 Å². The van der Waals surface area contributed by atoms with E-state index in [2.05, 4.69) is 15.0 Å². The van der Waals surface area contributed by atoms with Gasteiger partial charge in [-0.3, -0.25) is 0 Å². The fourth-order valence-corrected chi connectivity index (χ4v) is 3.42. The lowest BCUT2D eigenvalue weighted by molar-refractivity contribution is -0.103. The Morgan fingerprint density at radius 2 is 2.14 bits per heavy atom. The van der Waals surface area contributed by atoms with Gasteiger partial charge in [-0.05, 0) is 32.1 Å². The Hall–Kier alpha value is -0.720. The number of halogens is 3. The summed E-state index contributed by atoms with van der Waals surface area (Å²) in [5, 5.41) is 7.01. The number of aromatic nitrogens is 1. The van der Waals surface area contributed by atoms with Gasteiger partial charge in [0, 0.05) is 31.2 Å². The van der Waals surface area contributed by atoms with Crippen LogP contribution in [-0.2, 0) is 11.3 Å². The number of alkyl halides is 2. The second-order valence-corrected chi connectivity index (χ2v) is 6.20. The number of rotatable bonds is 6. The van der Waals surface area contributed by atoms with Crippen LogP contribution in [0.5, 0.6) is 0 Å². The molecule has 2 heterocycles. The zero-order chi connectivity index (χ0) is 14.7. The van der Waals surface area contributed by atoms with Gasteiger partial charge in [-0.2, -0.15) is 0 Å². The molecule has 2 aliphatic rings. The number of nitrogens with one attached hydrogen (secondary N) is 1. The maximum atomic E-state index is 12.4. The highest BCUT2D eigenvalue weighted by molar-refractivity contribution is 5.85. The fourth-order valence-electron chi connectivity index (χ4n) is 3.42. The normalized spacial score (nSPS) is 23.9. The smallest absolute Gasteiger partial charge is 0.298 e. The van der Waals surface area contributed by atoms with Gasteiger partial charge in [0.25, 0.3) is 6.43 Å². The van der Waals surface area contributed by atoms with Crippen LogP contribution >= 0.6 is 12.4 Å². The van der Waals surface area contributed by atoms with E-state index in [-0.39, 0.29) is 23.6 Å². The van der Waals surface area contributed by atoms with Gasteiger partial charge in [0.1, 0.15) is 0 Å². The average Bonchev–Trinajstić information content (AvgIpc) is 2.92. The first-order valence-electron chi connectivity index (χ1n) is 7.76. The van der Waals surface area contributed by atoms with E-state index >= 15 is 0 Å². The van der Waals surface area contributed by atoms with Crippen molar-refractivity contribution in [3.8, 4) is 0 Å². The Labute approximate surface area is 135 Å². The van der Waals surface area contributed by atoms with Crippen LogP contribution < -0.4 is 5.32 Å². The Bertz CT molecular complexity index is 460. The van der Waals surface area contributed by atoms with Crippen LogP contribution in [-0.4, -0.2) is 24.4 Å². The third kappa shape index (κ3) is 3.78. The summed E-state index contributed by atoms with van der Waals surface area (Å²) in [5.41, 5.74) is 0.764. The molecule has 1 aliphatic carbocycles. The molecule has 0 amide bonds. The molecule has 0 aromatic carbocycles. The van der Waals surface area contributed by atoms with Crippen LogP contribution in [0.25, 0.3) is 0 Å². The zero-order valence-electron chi connectivity index (χ0n) is 12.5. The van der Waals surface area contributed by atoms with E-state index < -0.39 is 6.43 Å². The molecule has 22 heavy (non-hydrogen) atoms. The van der Waals surface area contributed by atoms with Crippen LogP contribution in [0.15, 0.2) is 10.6 Å². The summed E-state index contributed by atoms with van der Waals surface area (Å²) in [5.74, 6) is -0.360. The molecular weight excluding hydrogens is 314 g/mol. The highest BCUT2D eigenvalue weighted by Gasteiger charge is 2.44. The van der Waals surface area contributed by atoms with Crippen LogP contribution in [0.4, 0.5) is 8.78 Å². The Morgan fingerprint density at radius 3 is 2.68 bits per heavy atom. The largest absolute Gasteiger partial charge is 0.378 e. The molecule has 1 saturated carbocycles. The van der Waals surface area contributed by atoms with Gasteiger partial charge in [0.05, 0.1) is 11.8 Å². The van der Waals surface area contributed by atoms with Crippen LogP contribution in [0, 0.1) is 5.41 Å². The van der Waals surface area contributed by atoms with Crippen molar-refractivity contribution in [2.45, 2.75) is 57.6 Å². The van der Waals surface area contributed by atoms with E-state index in [0.29, 0.717) is 18.3 Å². The summed E-state index contributed by atoms with van der Waals surface area (Å²) in [7, 11) is 0. The monoisotopic (exact) mass is 336 g/mol. The lowest BCUT2D eigenvalue weighted by Gasteiger charge is -2.49. The van der Waals surface area contributed by atoms with Gasteiger partial charge in [0.2, 0.25) is 5.76 Å². The second kappa shape index (κ2) is 7.70. The zero-order valence-corrected chi connectivity index (χ0v) is 13.3. The molecule has 0 radical (unpaired) electrons. The lowest BCUT2D eigenvalue weighted by atomic mass is 9.63. The minimum Gasteiger partial charge on any atom is -0.378 e. The number of hydrogen-bond donors (Lipinski definition) is 1. The molecule has 0 spiro atoms. The minimum absolute atomic E-state index is 0. The molecule has 7 heteroatoms. The van der Waals surface area contributed by atoms with E-state index in [1.165, 1.54) is 31.7 Å². The van der Waals surface area contributed by atoms with Crippen molar-refractivity contribution < 1.29 is 18.0 Å². The summed E-state index contributed by atoms with van der Waals surface area (Å²) in [4.78, 5) is 0. The summed E-state index contributed by atoms with van der Waals surface area (Å²) in [6.07, 6.45) is 4.92. The molecule has 2 fully saturated rings. The van der Waals surface area contributed by atoms with Crippen LogP contribution in [0.1, 0.15) is 56.4 Å². The molecule has 3 rings (SSSR count). The molecule has 1 saturated heterocycles. The fraction of sp³-hybridized carbons (Fsp3) is 0.800. The summed E-state index contributed by atoms with van der Waals surface area (Å²) >= 11 is 0. The Morgan fingerprint density at radius 1 is 1.32 bits per heavy atom. The van der Waals surface area contributed by atoms with E-state index in [9.17, 15) is 8.78 Å². The first-order valence-corrected chi connectivity index (χ1v) is 7.76. The quantitative estimate of drug-likeness (QED) is 0.856. The first-order chi connectivity index (χ1) is 10.2. The molecule has 1 unspecified atom stereocenters. The van der Waals surface area contributed by atoms with Crippen LogP contribution in [0.3, 0.4) is 0 Å². The predicted molar refractivity (Wildman–Crippen MR) is 80.3 cm³/mol. The van der Waals surface area contributed by atoms with Gasteiger partial charge in [-0.1, -0.05) is 11.6 Å². The maximum Gasteiger partial charge on any atom is 0.298 e. The van der Waals surface area contributed by atoms with Crippen molar-refractivity contribution in [1.29, 1.82) is 0 Å². The minimum atomic E-state index is -2.60. The van der Waals surface area contributed by atoms with Crippen LogP contribution in [0.2, 0.25) is 0 Å². The lowest BCUT2D eigenvalue weighted by Crippen LogP contribution is -2.50.